The molecule has 0 unspecified atom stereocenters. The fourth-order valence-corrected chi connectivity index (χ4v) is 4.27. The van der Waals surface area contributed by atoms with Crippen molar-refractivity contribution in [1.82, 2.24) is 4.98 Å². The number of halogens is 3. The molecule has 9 heteroatoms. The zero-order valence-electron chi connectivity index (χ0n) is 21.1. The lowest BCUT2D eigenvalue weighted by atomic mass is 9.88. The summed E-state index contributed by atoms with van der Waals surface area (Å²) < 4.78 is 51.0. The summed E-state index contributed by atoms with van der Waals surface area (Å²) in [4.78, 5) is 17.5. The maximum Gasteiger partial charge on any atom is 0.416 e. The average molecular weight is 515 g/mol. The Hall–Kier alpha value is -3.27. The van der Waals surface area contributed by atoms with E-state index in [1.807, 2.05) is 6.92 Å². The second-order valence-corrected chi connectivity index (χ2v) is 10.1. The predicted molar refractivity (Wildman–Crippen MR) is 132 cm³/mol. The minimum atomic E-state index is -4.56. The molecule has 0 radical (unpaired) electrons. The van der Waals surface area contributed by atoms with Crippen LogP contribution in [0.4, 0.5) is 13.2 Å². The molecule has 6 nitrogen and oxygen atoms in total. The van der Waals surface area contributed by atoms with Gasteiger partial charge in [-0.1, -0.05) is 18.2 Å². The summed E-state index contributed by atoms with van der Waals surface area (Å²) in [7, 11) is 1.46. The molecule has 0 bridgehead atoms. The molecule has 0 aliphatic carbocycles. The van der Waals surface area contributed by atoms with E-state index in [2.05, 4.69) is 4.98 Å². The molecule has 0 atom stereocenters. The van der Waals surface area contributed by atoms with E-state index in [4.69, 9.17) is 15.2 Å². The number of hydrogen-bond donors (Lipinski definition) is 2. The number of aromatic nitrogens is 1. The van der Waals surface area contributed by atoms with Crippen molar-refractivity contribution >= 4 is 5.78 Å². The van der Waals surface area contributed by atoms with Crippen molar-refractivity contribution in [2.75, 3.05) is 20.3 Å². The van der Waals surface area contributed by atoms with Gasteiger partial charge in [0.05, 0.1) is 31.5 Å². The van der Waals surface area contributed by atoms with Gasteiger partial charge in [-0.05, 0) is 67.3 Å². The number of aliphatic hydroxyl groups is 1. The van der Waals surface area contributed by atoms with E-state index in [9.17, 15) is 23.1 Å². The lowest BCUT2D eigenvalue weighted by Crippen LogP contribution is -2.46. The molecule has 1 aliphatic heterocycles. The Morgan fingerprint density at radius 3 is 2.38 bits per heavy atom. The molecule has 0 saturated carbocycles. The van der Waals surface area contributed by atoms with Crippen LogP contribution in [0.15, 0.2) is 48.7 Å². The van der Waals surface area contributed by atoms with Crippen LogP contribution in [0.1, 0.15) is 52.0 Å². The number of nitrogens with two attached hydrogens (primary N) is 1. The Bertz CT molecular complexity index is 1310. The van der Waals surface area contributed by atoms with E-state index in [1.165, 1.54) is 7.11 Å². The third-order valence-electron chi connectivity index (χ3n) is 6.53. The van der Waals surface area contributed by atoms with Crippen molar-refractivity contribution < 1.29 is 32.5 Å². The first kappa shape index (κ1) is 26.8. The summed E-state index contributed by atoms with van der Waals surface area (Å²) in [6, 6.07) is 10.4. The zero-order valence-corrected chi connectivity index (χ0v) is 21.1. The lowest BCUT2D eigenvalue weighted by molar-refractivity contribution is -0.185. The number of methoxy groups -OCH3 is 1. The van der Waals surface area contributed by atoms with Crippen molar-refractivity contribution in [2.24, 2.45) is 5.73 Å². The Labute approximate surface area is 213 Å². The Kier molecular flexibility index (Phi) is 6.92. The van der Waals surface area contributed by atoms with E-state index in [1.54, 1.807) is 50.4 Å². The molecule has 2 aromatic carbocycles. The second-order valence-electron chi connectivity index (χ2n) is 10.1. The molecule has 37 heavy (non-hydrogen) atoms. The highest BCUT2D eigenvalue weighted by Crippen LogP contribution is 2.38. The lowest BCUT2D eigenvalue weighted by Gasteiger charge is -2.37. The highest BCUT2D eigenvalue weighted by Gasteiger charge is 2.41. The van der Waals surface area contributed by atoms with Gasteiger partial charge in [0.25, 0.3) is 0 Å². The van der Waals surface area contributed by atoms with Crippen LogP contribution >= 0.6 is 0 Å². The Morgan fingerprint density at radius 1 is 1.14 bits per heavy atom. The van der Waals surface area contributed by atoms with Gasteiger partial charge in [0.15, 0.2) is 5.78 Å². The number of carbonyl (C=O) groups is 1. The molecule has 1 aliphatic rings. The summed E-state index contributed by atoms with van der Waals surface area (Å²) in [5, 5.41) is 10.8. The molecule has 3 N–H and O–H groups in total. The van der Waals surface area contributed by atoms with Gasteiger partial charge >= 0.3 is 6.18 Å². The maximum absolute atomic E-state index is 13.5. The minimum Gasteiger partial charge on any atom is -0.481 e. The summed E-state index contributed by atoms with van der Waals surface area (Å²) in [5.74, 6) is -0.0586. The number of Topliss-reactive ketones (excluding diaryl/α,β-unsaturated/α-hetero) is 1. The van der Waals surface area contributed by atoms with Gasteiger partial charge in [0, 0.05) is 29.3 Å². The van der Waals surface area contributed by atoms with Crippen molar-refractivity contribution in [1.29, 1.82) is 0 Å². The van der Waals surface area contributed by atoms with Crippen LogP contribution in [0.3, 0.4) is 0 Å². The third-order valence-corrected chi connectivity index (χ3v) is 6.53. The fraction of sp³-hybridized carbons (Fsp3) is 0.357. The number of carbonyl (C=O) groups excluding carboxylic acids is 1. The van der Waals surface area contributed by atoms with Crippen LogP contribution in [-0.2, 0) is 28.5 Å². The summed E-state index contributed by atoms with van der Waals surface area (Å²) in [6.45, 7) is 5.33. The van der Waals surface area contributed by atoms with Crippen LogP contribution in [0.5, 0.6) is 5.88 Å². The van der Waals surface area contributed by atoms with Crippen molar-refractivity contribution in [3.63, 3.8) is 0 Å². The molecule has 4 rings (SSSR count). The van der Waals surface area contributed by atoms with Crippen molar-refractivity contribution in [2.45, 2.75) is 44.5 Å². The van der Waals surface area contributed by atoms with Gasteiger partial charge in [0.1, 0.15) is 5.60 Å². The molecule has 1 aromatic heterocycles. The quantitative estimate of drug-likeness (QED) is 0.435. The summed E-state index contributed by atoms with van der Waals surface area (Å²) in [5.41, 5.74) is 6.58. The first-order valence-corrected chi connectivity index (χ1v) is 11.7. The van der Waals surface area contributed by atoms with E-state index in [0.29, 0.717) is 27.8 Å². The van der Waals surface area contributed by atoms with E-state index < -0.39 is 22.9 Å². The monoisotopic (exact) mass is 514 g/mol. The molecular formula is C28H29F3N2O4. The maximum atomic E-state index is 13.5. The first-order chi connectivity index (χ1) is 17.2. The normalized spacial score (nSPS) is 15.3. The molecule has 2 heterocycles. The number of aryl methyl sites for hydroxylation is 1. The minimum absolute atomic E-state index is 0.116. The van der Waals surface area contributed by atoms with Crippen LogP contribution in [0.2, 0.25) is 0 Å². The number of nitrogens with zero attached hydrogens (tertiary/aromatic N) is 1. The van der Waals surface area contributed by atoms with Gasteiger partial charge in [-0.25, -0.2) is 4.98 Å². The number of pyridine rings is 1. The number of ether oxygens (including phenoxy) is 2. The van der Waals surface area contributed by atoms with Crippen molar-refractivity contribution in [3.05, 3.63) is 82.0 Å². The predicted octanol–water partition coefficient (Wildman–Crippen LogP) is 4.92. The van der Waals surface area contributed by atoms with Gasteiger partial charge in [-0.2, -0.15) is 13.2 Å². The van der Waals surface area contributed by atoms with E-state index >= 15 is 0 Å². The van der Waals surface area contributed by atoms with Crippen LogP contribution in [-0.4, -0.2) is 36.2 Å². The molecule has 3 aromatic rings. The summed E-state index contributed by atoms with van der Waals surface area (Å²) >= 11 is 0. The summed E-state index contributed by atoms with van der Waals surface area (Å²) in [6.07, 6.45) is -3.20. The molecule has 0 amide bonds. The second kappa shape index (κ2) is 9.55. The SMILES string of the molecule is COc1ncc(-c2cc(C(=O)Cc3cc(C(C)(C)N)cc(C(F)(F)F)c3)ccc2C)cc1C1(O)COC1. The molecule has 1 fully saturated rings. The standard InChI is InChI=1S/C28H29F3N2O4/c1-16-5-6-18(10-22(16)19-11-23(25(36-4)33-13-19)27(35)14-37-15-27)24(34)9-17-7-20(26(2,3)32)12-21(8-17)28(29,30)31/h5-8,10-13,35H,9,14-15,32H2,1-4H3. The molecule has 196 valence electrons. The van der Waals surface area contributed by atoms with Gasteiger partial charge in [-0.15, -0.1) is 0 Å². The average Bonchev–Trinajstić information content (AvgIpc) is 2.81. The van der Waals surface area contributed by atoms with Gasteiger partial charge in [-0.3, -0.25) is 4.79 Å². The van der Waals surface area contributed by atoms with Crippen LogP contribution in [0, 0.1) is 6.92 Å². The zero-order chi connectivity index (χ0) is 27.2. The molecule has 0 spiro atoms. The largest absolute Gasteiger partial charge is 0.481 e. The highest BCUT2D eigenvalue weighted by molar-refractivity contribution is 5.99. The van der Waals surface area contributed by atoms with Crippen LogP contribution in [0.25, 0.3) is 11.1 Å². The first-order valence-electron chi connectivity index (χ1n) is 11.7. The number of ketones is 1. The smallest absolute Gasteiger partial charge is 0.416 e. The highest BCUT2D eigenvalue weighted by atomic mass is 19.4. The number of benzene rings is 2. The Morgan fingerprint density at radius 2 is 1.81 bits per heavy atom. The molecular weight excluding hydrogens is 485 g/mol. The number of rotatable bonds is 7. The van der Waals surface area contributed by atoms with E-state index in [-0.39, 0.29) is 36.9 Å². The fourth-order valence-electron chi connectivity index (χ4n) is 4.27. The van der Waals surface area contributed by atoms with E-state index in [0.717, 1.165) is 17.7 Å². The van der Waals surface area contributed by atoms with Crippen LogP contribution < -0.4 is 10.5 Å². The third kappa shape index (κ3) is 5.53. The Balaban J connectivity index is 1.69. The van der Waals surface area contributed by atoms with Gasteiger partial charge < -0.3 is 20.3 Å². The van der Waals surface area contributed by atoms with Crippen molar-refractivity contribution in [3.8, 4) is 17.0 Å². The topological polar surface area (TPSA) is 94.7 Å². The number of hydrogen-bond acceptors (Lipinski definition) is 6. The number of alkyl halides is 3. The van der Waals surface area contributed by atoms with Gasteiger partial charge in [0.2, 0.25) is 5.88 Å². The molecule has 1 saturated heterocycles.